The first-order valence-corrected chi connectivity index (χ1v) is 8.35. The van der Waals surface area contributed by atoms with Crippen LogP contribution in [0.25, 0.3) is 0 Å². The average Bonchev–Trinajstić information content (AvgIpc) is 2.48. The molecule has 1 N–H and O–H groups in total. The van der Waals surface area contributed by atoms with Crippen LogP contribution in [0.1, 0.15) is 42.5 Å². The van der Waals surface area contributed by atoms with E-state index in [0.29, 0.717) is 12.1 Å². The number of hydrogen-bond acceptors (Lipinski definition) is 1. The van der Waals surface area contributed by atoms with Crippen molar-refractivity contribution < 1.29 is 9.18 Å². The maximum Gasteiger partial charge on any atom is 0.251 e. The van der Waals surface area contributed by atoms with Gasteiger partial charge in [0.05, 0.1) is 5.02 Å². The van der Waals surface area contributed by atoms with Crippen LogP contribution in [0.15, 0.2) is 18.2 Å². The summed E-state index contributed by atoms with van der Waals surface area (Å²) in [7, 11) is 0. The molecule has 0 saturated heterocycles. The summed E-state index contributed by atoms with van der Waals surface area (Å²) < 4.78 is 13.1. The second kappa shape index (κ2) is 6.90. The number of carbonyl (C=O) groups excluding carboxylic acids is 1. The first-order chi connectivity index (χ1) is 9.56. The van der Waals surface area contributed by atoms with E-state index in [-0.39, 0.29) is 16.3 Å². The second-order valence-corrected chi connectivity index (χ2v) is 6.47. The molecule has 2 nitrogen and oxygen atoms in total. The predicted octanol–water partition coefficient (Wildman–Crippen LogP) is 4.55. The highest BCUT2D eigenvalue weighted by Gasteiger charge is 2.31. The van der Waals surface area contributed by atoms with Gasteiger partial charge in [-0.15, -0.1) is 0 Å². The molecule has 110 valence electrons. The molecule has 1 aromatic carbocycles. The fourth-order valence-electron chi connectivity index (χ4n) is 2.67. The van der Waals surface area contributed by atoms with Crippen LogP contribution in [0.4, 0.5) is 4.39 Å². The highest BCUT2D eigenvalue weighted by atomic mass is 79.9. The molecule has 1 aromatic rings. The van der Waals surface area contributed by atoms with Gasteiger partial charge in [-0.25, -0.2) is 4.39 Å². The van der Waals surface area contributed by atoms with Crippen LogP contribution in [0.5, 0.6) is 0 Å². The van der Waals surface area contributed by atoms with Crippen molar-refractivity contribution in [3.05, 3.63) is 34.6 Å². The lowest BCUT2D eigenvalue weighted by Crippen LogP contribution is -2.40. The quantitative estimate of drug-likeness (QED) is 0.782. The van der Waals surface area contributed by atoms with E-state index in [2.05, 4.69) is 21.2 Å². The van der Waals surface area contributed by atoms with Crippen molar-refractivity contribution in [1.29, 1.82) is 0 Å². The molecule has 1 amide bonds. The topological polar surface area (TPSA) is 29.1 Å². The number of halogens is 3. The number of benzene rings is 1. The van der Waals surface area contributed by atoms with Gasteiger partial charge in [-0.3, -0.25) is 4.79 Å². The second-order valence-electron chi connectivity index (χ2n) is 5.51. The molecule has 0 heterocycles. The lowest BCUT2D eigenvalue weighted by molar-refractivity contribution is 0.0922. The number of rotatable bonds is 4. The van der Waals surface area contributed by atoms with Crippen molar-refractivity contribution in [1.82, 2.24) is 5.32 Å². The van der Waals surface area contributed by atoms with E-state index in [1.807, 2.05) is 0 Å². The lowest BCUT2D eigenvalue weighted by Gasteiger charge is -2.35. The Balaban J connectivity index is 1.98. The Morgan fingerprint density at radius 2 is 2.05 bits per heavy atom. The molecule has 1 aliphatic rings. The summed E-state index contributed by atoms with van der Waals surface area (Å²) in [5.41, 5.74) is 0.550. The first kappa shape index (κ1) is 15.8. The van der Waals surface area contributed by atoms with E-state index in [1.165, 1.54) is 37.5 Å². The maximum absolute atomic E-state index is 13.1. The van der Waals surface area contributed by atoms with E-state index in [0.717, 1.165) is 18.2 Å². The Bertz CT molecular complexity index is 489. The SMILES string of the molecule is O=C(NCC1(CBr)CCCCC1)c1ccc(F)c(Cl)c1. The lowest BCUT2D eigenvalue weighted by atomic mass is 9.75. The van der Waals surface area contributed by atoms with Gasteiger partial charge in [0, 0.05) is 17.4 Å². The van der Waals surface area contributed by atoms with E-state index in [4.69, 9.17) is 11.6 Å². The van der Waals surface area contributed by atoms with E-state index < -0.39 is 5.82 Å². The van der Waals surface area contributed by atoms with Crippen molar-refractivity contribution in [2.45, 2.75) is 32.1 Å². The van der Waals surface area contributed by atoms with Gasteiger partial charge in [0.1, 0.15) is 5.82 Å². The van der Waals surface area contributed by atoms with Crippen LogP contribution < -0.4 is 5.32 Å². The minimum Gasteiger partial charge on any atom is -0.351 e. The summed E-state index contributed by atoms with van der Waals surface area (Å²) in [5, 5.41) is 3.83. The zero-order valence-electron chi connectivity index (χ0n) is 11.2. The molecule has 0 aromatic heterocycles. The third kappa shape index (κ3) is 3.73. The smallest absolute Gasteiger partial charge is 0.251 e. The molecule has 5 heteroatoms. The van der Waals surface area contributed by atoms with Gasteiger partial charge in [-0.1, -0.05) is 46.8 Å². The zero-order valence-corrected chi connectivity index (χ0v) is 13.6. The monoisotopic (exact) mass is 361 g/mol. The Morgan fingerprint density at radius 1 is 1.35 bits per heavy atom. The molecule has 0 aliphatic heterocycles. The summed E-state index contributed by atoms with van der Waals surface area (Å²) in [6, 6.07) is 4.05. The third-order valence-corrected chi connectivity index (χ3v) is 5.48. The fraction of sp³-hybridized carbons (Fsp3) is 0.533. The summed E-state index contributed by atoms with van der Waals surface area (Å²) in [6.45, 7) is 0.645. The molecule has 0 radical (unpaired) electrons. The normalized spacial score (nSPS) is 17.8. The van der Waals surface area contributed by atoms with Crippen LogP contribution in [-0.4, -0.2) is 17.8 Å². The van der Waals surface area contributed by atoms with Gasteiger partial charge in [0.15, 0.2) is 0 Å². The molecule has 0 spiro atoms. The summed E-state index contributed by atoms with van der Waals surface area (Å²) >= 11 is 9.27. The minimum absolute atomic E-state index is 0.0227. The predicted molar refractivity (Wildman–Crippen MR) is 83.1 cm³/mol. The van der Waals surface area contributed by atoms with Crippen molar-refractivity contribution in [3.8, 4) is 0 Å². The van der Waals surface area contributed by atoms with Crippen LogP contribution in [0.2, 0.25) is 5.02 Å². The fourth-order valence-corrected chi connectivity index (χ4v) is 3.61. The Labute approximate surface area is 132 Å². The third-order valence-electron chi connectivity index (χ3n) is 4.00. The van der Waals surface area contributed by atoms with Gasteiger partial charge in [0.2, 0.25) is 0 Å². The maximum atomic E-state index is 13.1. The number of carbonyl (C=O) groups is 1. The van der Waals surface area contributed by atoms with Crippen molar-refractivity contribution >= 4 is 33.4 Å². The molecule has 1 saturated carbocycles. The number of nitrogens with one attached hydrogen (secondary N) is 1. The molecular weight excluding hydrogens is 345 g/mol. The Hall–Kier alpha value is -0.610. The largest absolute Gasteiger partial charge is 0.351 e. The molecule has 20 heavy (non-hydrogen) atoms. The van der Waals surface area contributed by atoms with Crippen molar-refractivity contribution in [2.24, 2.45) is 5.41 Å². The molecule has 2 rings (SSSR count). The summed E-state index contributed by atoms with van der Waals surface area (Å²) in [6.07, 6.45) is 5.95. The van der Waals surface area contributed by atoms with Crippen LogP contribution in [-0.2, 0) is 0 Å². The van der Waals surface area contributed by atoms with Gasteiger partial charge in [-0.05, 0) is 36.5 Å². The Morgan fingerprint density at radius 3 is 2.65 bits per heavy atom. The van der Waals surface area contributed by atoms with Gasteiger partial charge >= 0.3 is 0 Å². The highest BCUT2D eigenvalue weighted by molar-refractivity contribution is 9.09. The van der Waals surface area contributed by atoms with Gasteiger partial charge in [0.25, 0.3) is 5.91 Å². The van der Waals surface area contributed by atoms with Gasteiger partial charge in [-0.2, -0.15) is 0 Å². The van der Waals surface area contributed by atoms with Crippen molar-refractivity contribution in [3.63, 3.8) is 0 Å². The van der Waals surface area contributed by atoms with E-state index >= 15 is 0 Å². The van der Waals surface area contributed by atoms with Crippen LogP contribution in [0.3, 0.4) is 0 Å². The number of amides is 1. The zero-order chi connectivity index (χ0) is 14.6. The molecule has 0 atom stereocenters. The standard InChI is InChI=1S/C15H18BrClFNO/c16-9-15(6-2-1-3-7-15)10-19-14(20)11-4-5-13(18)12(17)8-11/h4-5,8H,1-3,6-7,9-10H2,(H,19,20). The average molecular weight is 363 g/mol. The molecular formula is C15H18BrClFNO. The van der Waals surface area contributed by atoms with Crippen molar-refractivity contribution in [2.75, 3.05) is 11.9 Å². The number of alkyl halides is 1. The Kier molecular flexibility index (Phi) is 5.44. The van der Waals surface area contributed by atoms with Crippen LogP contribution in [0, 0.1) is 11.2 Å². The highest BCUT2D eigenvalue weighted by Crippen LogP contribution is 2.37. The molecule has 0 bridgehead atoms. The minimum atomic E-state index is -0.507. The molecule has 1 fully saturated rings. The first-order valence-electron chi connectivity index (χ1n) is 6.86. The summed E-state index contributed by atoms with van der Waals surface area (Å²) in [5.74, 6) is -0.703. The molecule has 0 unspecified atom stereocenters. The van der Waals surface area contributed by atoms with Gasteiger partial charge < -0.3 is 5.32 Å². The molecule has 1 aliphatic carbocycles. The van der Waals surface area contributed by atoms with Crippen LogP contribution >= 0.6 is 27.5 Å². The van der Waals surface area contributed by atoms with E-state index in [1.54, 1.807) is 0 Å². The van der Waals surface area contributed by atoms with E-state index in [9.17, 15) is 9.18 Å². The summed E-state index contributed by atoms with van der Waals surface area (Å²) in [4.78, 5) is 12.1. The number of hydrogen-bond donors (Lipinski definition) is 1.